The molecule has 4 nitrogen and oxygen atoms in total. The van der Waals surface area contributed by atoms with Gasteiger partial charge < -0.3 is 10.4 Å². The number of carbonyl (C=O) groups excluding carboxylic acids is 1. The van der Waals surface area contributed by atoms with Gasteiger partial charge in [-0.05, 0) is 5.92 Å². The molecule has 4 heteroatoms. The summed E-state index contributed by atoms with van der Waals surface area (Å²) in [4.78, 5) is 13.3. The van der Waals surface area contributed by atoms with Crippen LogP contribution in [0.4, 0.5) is 0 Å². The van der Waals surface area contributed by atoms with Gasteiger partial charge in [-0.15, -0.1) is 6.58 Å². The maximum absolute atomic E-state index is 11.4. The number of hydrogen-bond acceptors (Lipinski definition) is 3. The van der Waals surface area contributed by atoms with E-state index in [4.69, 9.17) is 5.11 Å². The van der Waals surface area contributed by atoms with Gasteiger partial charge in [0.2, 0.25) is 5.91 Å². The summed E-state index contributed by atoms with van der Waals surface area (Å²) in [7, 11) is 0. The highest BCUT2D eigenvalue weighted by atomic mass is 16.3. The van der Waals surface area contributed by atoms with Gasteiger partial charge >= 0.3 is 0 Å². The first-order valence-electron chi connectivity index (χ1n) is 5.31. The first kappa shape index (κ1) is 14.1. The summed E-state index contributed by atoms with van der Waals surface area (Å²) in [6.07, 6.45) is 1.73. The predicted molar refractivity (Wildman–Crippen MR) is 61.6 cm³/mol. The van der Waals surface area contributed by atoms with Crippen molar-refractivity contribution >= 4 is 5.91 Å². The minimum atomic E-state index is -0.000926. The third kappa shape index (κ3) is 8.15. The molecule has 1 amide bonds. The maximum Gasteiger partial charge on any atom is 0.234 e. The molecule has 0 atom stereocenters. The van der Waals surface area contributed by atoms with Gasteiger partial charge in [0.15, 0.2) is 0 Å². The van der Waals surface area contributed by atoms with Crippen molar-refractivity contribution in [2.75, 3.05) is 32.8 Å². The molecular weight excluding hydrogens is 192 g/mol. The van der Waals surface area contributed by atoms with Crippen LogP contribution in [0.25, 0.3) is 0 Å². The Morgan fingerprint density at radius 3 is 2.73 bits per heavy atom. The van der Waals surface area contributed by atoms with Crippen LogP contribution in [-0.2, 0) is 4.79 Å². The van der Waals surface area contributed by atoms with Crippen molar-refractivity contribution in [1.29, 1.82) is 0 Å². The highest BCUT2D eigenvalue weighted by Gasteiger charge is 2.08. The third-order valence-corrected chi connectivity index (χ3v) is 1.88. The van der Waals surface area contributed by atoms with Crippen molar-refractivity contribution in [3.8, 4) is 0 Å². The van der Waals surface area contributed by atoms with Crippen LogP contribution in [0.5, 0.6) is 0 Å². The fourth-order valence-electron chi connectivity index (χ4n) is 1.14. The average molecular weight is 214 g/mol. The number of hydrogen-bond donors (Lipinski definition) is 2. The molecule has 0 aromatic carbocycles. The minimum Gasteiger partial charge on any atom is -0.395 e. The summed E-state index contributed by atoms with van der Waals surface area (Å²) >= 11 is 0. The number of aliphatic hydroxyl groups excluding tert-OH is 1. The second-order valence-corrected chi connectivity index (χ2v) is 3.95. The maximum atomic E-state index is 11.4. The molecule has 0 rings (SSSR count). The van der Waals surface area contributed by atoms with Gasteiger partial charge in [0.05, 0.1) is 13.2 Å². The Morgan fingerprint density at radius 2 is 2.27 bits per heavy atom. The Hall–Kier alpha value is -0.870. The SMILES string of the molecule is C=CCN(CCO)CC(=O)NCC(C)C. The summed E-state index contributed by atoms with van der Waals surface area (Å²) in [5, 5.41) is 11.6. The summed E-state index contributed by atoms with van der Waals surface area (Å²) < 4.78 is 0. The standard InChI is InChI=1S/C11H22N2O2/c1-4-5-13(6-7-14)9-11(15)12-8-10(2)3/h4,10,14H,1,5-9H2,2-3H3,(H,12,15). The molecule has 2 N–H and O–H groups in total. The molecule has 88 valence electrons. The van der Waals surface area contributed by atoms with Gasteiger partial charge in [0.1, 0.15) is 0 Å². The Morgan fingerprint density at radius 1 is 1.60 bits per heavy atom. The van der Waals surface area contributed by atoms with E-state index in [0.717, 1.165) is 0 Å². The molecule has 0 spiro atoms. The zero-order valence-electron chi connectivity index (χ0n) is 9.70. The lowest BCUT2D eigenvalue weighted by atomic mass is 10.2. The Kier molecular flexibility index (Phi) is 7.95. The van der Waals surface area contributed by atoms with E-state index in [1.807, 2.05) is 4.90 Å². The van der Waals surface area contributed by atoms with Gasteiger partial charge in [-0.3, -0.25) is 9.69 Å². The van der Waals surface area contributed by atoms with Crippen LogP contribution in [0.2, 0.25) is 0 Å². The van der Waals surface area contributed by atoms with Crippen molar-refractivity contribution in [3.05, 3.63) is 12.7 Å². The fraction of sp³-hybridized carbons (Fsp3) is 0.727. The Bertz CT molecular complexity index is 193. The fourth-order valence-corrected chi connectivity index (χ4v) is 1.14. The van der Waals surface area contributed by atoms with Crippen molar-refractivity contribution in [3.63, 3.8) is 0 Å². The van der Waals surface area contributed by atoms with E-state index in [2.05, 4.69) is 25.7 Å². The molecule has 0 aliphatic carbocycles. The molecule has 0 unspecified atom stereocenters. The first-order valence-corrected chi connectivity index (χ1v) is 5.31. The molecule has 0 fully saturated rings. The first-order chi connectivity index (χ1) is 7.10. The van der Waals surface area contributed by atoms with Gasteiger partial charge in [-0.1, -0.05) is 19.9 Å². The van der Waals surface area contributed by atoms with Crippen molar-refractivity contribution < 1.29 is 9.90 Å². The third-order valence-electron chi connectivity index (χ3n) is 1.88. The monoisotopic (exact) mass is 214 g/mol. The van der Waals surface area contributed by atoms with E-state index in [-0.39, 0.29) is 12.5 Å². The lowest BCUT2D eigenvalue weighted by Gasteiger charge is -2.19. The van der Waals surface area contributed by atoms with E-state index in [9.17, 15) is 4.79 Å². The lowest BCUT2D eigenvalue weighted by Crippen LogP contribution is -2.39. The molecular formula is C11H22N2O2. The molecule has 15 heavy (non-hydrogen) atoms. The normalized spacial score (nSPS) is 10.7. The topological polar surface area (TPSA) is 52.6 Å². The zero-order valence-corrected chi connectivity index (χ0v) is 9.70. The summed E-state index contributed by atoms with van der Waals surface area (Å²) in [5.41, 5.74) is 0. The molecule has 0 aliphatic heterocycles. The van der Waals surface area contributed by atoms with Crippen LogP contribution in [0.1, 0.15) is 13.8 Å². The largest absolute Gasteiger partial charge is 0.395 e. The summed E-state index contributed by atoms with van der Waals surface area (Å²) in [5.74, 6) is 0.457. The quantitative estimate of drug-likeness (QED) is 0.569. The van der Waals surface area contributed by atoms with Crippen LogP contribution in [0.15, 0.2) is 12.7 Å². The van der Waals surface area contributed by atoms with E-state index >= 15 is 0 Å². The number of rotatable bonds is 8. The number of aliphatic hydroxyl groups is 1. The molecule has 0 saturated heterocycles. The second kappa shape index (κ2) is 8.44. The number of amides is 1. The molecule has 0 bridgehead atoms. The summed E-state index contributed by atoms with van der Waals surface area (Å²) in [6.45, 7) is 9.91. The van der Waals surface area contributed by atoms with E-state index in [0.29, 0.717) is 32.1 Å². The number of nitrogens with zero attached hydrogens (tertiary/aromatic N) is 1. The van der Waals surface area contributed by atoms with Crippen LogP contribution < -0.4 is 5.32 Å². The van der Waals surface area contributed by atoms with Crippen molar-refractivity contribution in [1.82, 2.24) is 10.2 Å². The Balaban J connectivity index is 3.82. The molecule has 0 aromatic heterocycles. The van der Waals surface area contributed by atoms with Crippen LogP contribution in [0, 0.1) is 5.92 Å². The molecule has 0 radical (unpaired) electrons. The van der Waals surface area contributed by atoms with Crippen molar-refractivity contribution in [2.24, 2.45) is 5.92 Å². The minimum absolute atomic E-state index is 0.000926. The highest BCUT2D eigenvalue weighted by molar-refractivity contribution is 5.78. The van der Waals surface area contributed by atoms with Gasteiger partial charge in [0, 0.05) is 19.6 Å². The average Bonchev–Trinajstić information content (AvgIpc) is 2.15. The van der Waals surface area contributed by atoms with E-state index in [1.165, 1.54) is 0 Å². The van der Waals surface area contributed by atoms with E-state index < -0.39 is 0 Å². The second-order valence-electron chi connectivity index (χ2n) is 3.95. The van der Waals surface area contributed by atoms with Gasteiger partial charge in [0.25, 0.3) is 0 Å². The summed E-state index contributed by atoms with van der Waals surface area (Å²) in [6, 6.07) is 0. The molecule has 0 heterocycles. The number of nitrogens with one attached hydrogen (secondary N) is 1. The van der Waals surface area contributed by atoms with Crippen LogP contribution in [0.3, 0.4) is 0 Å². The Labute approximate surface area is 92.0 Å². The zero-order chi connectivity index (χ0) is 11.7. The predicted octanol–water partition coefficient (Wildman–Crippen LogP) is 0.239. The molecule has 0 aromatic rings. The van der Waals surface area contributed by atoms with Crippen molar-refractivity contribution in [2.45, 2.75) is 13.8 Å². The van der Waals surface area contributed by atoms with Gasteiger partial charge in [-0.2, -0.15) is 0 Å². The molecule has 0 aliphatic rings. The van der Waals surface area contributed by atoms with Gasteiger partial charge in [-0.25, -0.2) is 0 Å². The van der Waals surface area contributed by atoms with Crippen LogP contribution >= 0.6 is 0 Å². The molecule has 0 saturated carbocycles. The van der Waals surface area contributed by atoms with Crippen LogP contribution in [-0.4, -0.2) is 48.7 Å². The highest BCUT2D eigenvalue weighted by Crippen LogP contribution is 1.90. The number of carbonyl (C=O) groups is 1. The van der Waals surface area contributed by atoms with E-state index in [1.54, 1.807) is 6.08 Å². The smallest absolute Gasteiger partial charge is 0.234 e. The lowest BCUT2D eigenvalue weighted by molar-refractivity contribution is -0.122.